The number of nitrogens with two attached hydrogens (primary N) is 1. The molecule has 0 aliphatic carbocycles. The van der Waals surface area contributed by atoms with E-state index in [2.05, 4.69) is 4.74 Å². The first kappa shape index (κ1) is 9.75. The number of thioether (sulfide) groups is 1. The number of carbonyl (C=O) groups is 2. The second kappa shape index (κ2) is 3.58. The van der Waals surface area contributed by atoms with Crippen molar-refractivity contribution in [1.82, 2.24) is 5.01 Å². The van der Waals surface area contributed by atoms with Gasteiger partial charge in [-0.3, -0.25) is 10.2 Å². The predicted octanol–water partition coefficient (Wildman–Crippen LogP) is -0.573. The van der Waals surface area contributed by atoms with E-state index in [1.165, 1.54) is 7.11 Å². The van der Waals surface area contributed by atoms with E-state index in [-0.39, 0.29) is 10.1 Å². The topological polar surface area (TPSA) is 96.5 Å². The largest absolute Gasteiger partial charge is 0.466 e. The zero-order valence-corrected chi connectivity index (χ0v) is 7.55. The van der Waals surface area contributed by atoms with Crippen LogP contribution in [0.5, 0.6) is 0 Å². The SMILES string of the molecule is COC(=O)/C=C1/SC(=N)N(N)C1=O. The highest BCUT2D eigenvalue weighted by Crippen LogP contribution is 2.27. The van der Waals surface area contributed by atoms with Crippen LogP contribution < -0.4 is 5.84 Å². The van der Waals surface area contributed by atoms with Crippen LogP contribution in [0.3, 0.4) is 0 Å². The third-order valence-electron chi connectivity index (χ3n) is 1.31. The number of ether oxygens (including phenoxy) is 1. The molecule has 6 nitrogen and oxygen atoms in total. The van der Waals surface area contributed by atoms with Gasteiger partial charge in [0.2, 0.25) is 0 Å². The lowest BCUT2D eigenvalue weighted by atomic mass is 10.4. The van der Waals surface area contributed by atoms with Gasteiger partial charge in [-0.2, -0.15) is 0 Å². The van der Waals surface area contributed by atoms with Crippen molar-refractivity contribution in [2.24, 2.45) is 5.84 Å². The highest BCUT2D eigenvalue weighted by Gasteiger charge is 2.30. The van der Waals surface area contributed by atoms with Crippen LogP contribution in [-0.2, 0) is 14.3 Å². The minimum Gasteiger partial charge on any atom is -0.466 e. The number of rotatable bonds is 1. The quantitative estimate of drug-likeness (QED) is 0.256. The van der Waals surface area contributed by atoms with Crippen LogP contribution in [0.15, 0.2) is 11.0 Å². The summed E-state index contributed by atoms with van der Waals surface area (Å²) >= 11 is 0.820. The molecule has 1 aliphatic rings. The molecule has 13 heavy (non-hydrogen) atoms. The van der Waals surface area contributed by atoms with Gasteiger partial charge in [0.05, 0.1) is 12.0 Å². The maximum Gasteiger partial charge on any atom is 0.331 e. The molecule has 0 radical (unpaired) electrons. The molecular formula is C6H7N3O3S. The number of carbonyl (C=O) groups excluding carboxylic acids is 2. The van der Waals surface area contributed by atoms with Gasteiger partial charge in [-0.05, 0) is 11.8 Å². The molecule has 1 amide bonds. The average Bonchev–Trinajstić information content (AvgIpc) is 2.34. The molecule has 0 saturated carbocycles. The first-order valence-corrected chi connectivity index (χ1v) is 4.03. The van der Waals surface area contributed by atoms with Gasteiger partial charge in [0.15, 0.2) is 5.17 Å². The molecule has 7 heteroatoms. The first-order valence-electron chi connectivity index (χ1n) is 3.21. The predicted molar refractivity (Wildman–Crippen MR) is 46.5 cm³/mol. The molecule has 1 rings (SSSR count). The van der Waals surface area contributed by atoms with Gasteiger partial charge in [-0.15, -0.1) is 0 Å². The van der Waals surface area contributed by atoms with Gasteiger partial charge in [0.25, 0.3) is 5.91 Å². The Morgan fingerprint density at radius 1 is 1.77 bits per heavy atom. The number of amidine groups is 1. The zero-order chi connectivity index (χ0) is 10.0. The van der Waals surface area contributed by atoms with E-state index in [9.17, 15) is 9.59 Å². The molecule has 0 bridgehead atoms. The van der Waals surface area contributed by atoms with Crippen molar-refractivity contribution in [2.75, 3.05) is 7.11 Å². The van der Waals surface area contributed by atoms with Crippen LogP contribution in [-0.4, -0.2) is 29.2 Å². The fourth-order valence-electron chi connectivity index (χ4n) is 0.665. The van der Waals surface area contributed by atoms with Crippen molar-refractivity contribution in [3.63, 3.8) is 0 Å². The van der Waals surface area contributed by atoms with Crippen molar-refractivity contribution in [3.8, 4) is 0 Å². The van der Waals surface area contributed by atoms with Crippen LogP contribution in [0.2, 0.25) is 0 Å². The molecule has 0 atom stereocenters. The summed E-state index contributed by atoms with van der Waals surface area (Å²) in [6.45, 7) is 0. The Morgan fingerprint density at radius 3 is 2.77 bits per heavy atom. The highest BCUT2D eigenvalue weighted by molar-refractivity contribution is 8.18. The molecule has 0 spiro atoms. The molecule has 0 aromatic rings. The fourth-order valence-corrected chi connectivity index (χ4v) is 1.40. The molecule has 1 aliphatic heterocycles. The second-order valence-corrected chi connectivity index (χ2v) is 3.14. The average molecular weight is 201 g/mol. The molecular weight excluding hydrogens is 194 g/mol. The number of nitrogens with one attached hydrogen (secondary N) is 1. The maximum absolute atomic E-state index is 11.1. The van der Waals surface area contributed by atoms with Gasteiger partial charge >= 0.3 is 5.97 Å². The van der Waals surface area contributed by atoms with E-state index in [0.717, 1.165) is 17.8 Å². The summed E-state index contributed by atoms with van der Waals surface area (Å²) in [5.41, 5.74) is 0. The Balaban J connectivity index is 2.85. The van der Waals surface area contributed by atoms with Crippen LogP contribution in [0.4, 0.5) is 0 Å². The number of esters is 1. The van der Waals surface area contributed by atoms with Crippen LogP contribution in [0, 0.1) is 5.41 Å². The van der Waals surface area contributed by atoms with Crippen molar-refractivity contribution >= 4 is 28.8 Å². The smallest absolute Gasteiger partial charge is 0.331 e. The fraction of sp³-hybridized carbons (Fsp3) is 0.167. The van der Waals surface area contributed by atoms with Crippen molar-refractivity contribution in [3.05, 3.63) is 11.0 Å². The minimum absolute atomic E-state index is 0.0966. The van der Waals surface area contributed by atoms with Gasteiger partial charge in [0.1, 0.15) is 0 Å². The standard InChI is InChI=1S/C6H7N3O3S/c1-12-4(10)2-3-5(11)9(8)6(7)13-3/h2,7H,8H2,1H3/b3-2+,7-6?. The molecule has 0 aromatic carbocycles. The Bertz CT molecular complexity index is 312. The summed E-state index contributed by atoms with van der Waals surface area (Å²) in [4.78, 5) is 22.0. The monoisotopic (exact) mass is 201 g/mol. The number of amides is 1. The van der Waals surface area contributed by atoms with Gasteiger partial charge < -0.3 is 4.74 Å². The van der Waals surface area contributed by atoms with Crippen molar-refractivity contribution in [1.29, 1.82) is 5.41 Å². The van der Waals surface area contributed by atoms with Gasteiger partial charge in [-0.25, -0.2) is 15.6 Å². The third kappa shape index (κ3) is 1.87. The van der Waals surface area contributed by atoms with E-state index in [4.69, 9.17) is 11.3 Å². The first-order chi connectivity index (χ1) is 6.06. The Morgan fingerprint density at radius 2 is 2.38 bits per heavy atom. The van der Waals surface area contributed by atoms with Crippen LogP contribution in [0.25, 0.3) is 0 Å². The maximum atomic E-state index is 11.1. The summed E-state index contributed by atoms with van der Waals surface area (Å²) in [5, 5.41) is 7.72. The second-order valence-electron chi connectivity index (χ2n) is 2.11. The van der Waals surface area contributed by atoms with Gasteiger partial charge in [-0.1, -0.05) is 0 Å². The normalized spacial score (nSPS) is 19.8. The van der Waals surface area contributed by atoms with Crippen molar-refractivity contribution < 1.29 is 14.3 Å². The summed E-state index contributed by atoms with van der Waals surface area (Å²) in [5.74, 6) is 3.97. The van der Waals surface area contributed by atoms with E-state index in [0.29, 0.717) is 5.01 Å². The minimum atomic E-state index is -0.640. The molecule has 1 saturated heterocycles. The molecule has 1 fully saturated rings. The number of hydrogen-bond acceptors (Lipinski definition) is 6. The lowest BCUT2D eigenvalue weighted by molar-refractivity contribution is -0.135. The van der Waals surface area contributed by atoms with Crippen LogP contribution in [0.1, 0.15) is 0 Å². The summed E-state index contributed by atoms with van der Waals surface area (Å²) < 4.78 is 4.32. The molecule has 0 aromatic heterocycles. The Labute approximate surface area is 78.2 Å². The lowest BCUT2D eigenvalue weighted by Crippen LogP contribution is -2.35. The lowest BCUT2D eigenvalue weighted by Gasteiger charge is -2.02. The van der Waals surface area contributed by atoms with E-state index >= 15 is 0 Å². The number of hydrogen-bond donors (Lipinski definition) is 2. The Kier molecular flexibility index (Phi) is 2.69. The van der Waals surface area contributed by atoms with Crippen LogP contribution >= 0.6 is 11.8 Å². The third-order valence-corrected chi connectivity index (χ3v) is 2.21. The number of methoxy groups -OCH3 is 1. The van der Waals surface area contributed by atoms with E-state index in [1.54, 1.807) is 0 Å². The molecule has 1 heterocycles. The van der Waals surface area contributed by atoms with E-state index < -0.39 is 11.9 Å². The summed E-state index contributed by atoms with van der Waals surface area (Å²) in [7, 11) is 1.20. The number of nitrogens with zero attached hydrogens (tertiary/aromatic N) is 1. The summed E-state index contributed by atoms with van der Waals surface area (Å²) in [6.07, 6.45) is 1.01. The molecule has 70 valence electrons. The van der Waals surface area contributed by atoms with Crippen molar-refractivity contribution in [2.45, 2.75) is 0 Å². The van der Waals surface area contributed by atoms with E-state index in [1.807, 2.05) is 0 Å². The number of hydrazine groups is 1. The Hall–Kier alpha value is -1.34. The zero-order valence-electron chi connectivity index (χ0n) is 6.73. The summed E-state index contributed by atoms with van der Waals surface area (Å²) in [6, 6.07) is 0. The molecule has 0 unspecified atom stereocenters. The van der Waals surface area contributed by atoms with Gasteiger partial charge in [0, 0.05) is 6.08 Å². The highest BCUT2D eigenvalue weighted by atomic mass is 32.2. The molecule has 3 N–H and O–H groups in total.